The van der Waals surface area contributed by atoms with Crippen molar-refractivity contribution in [1.82, 2.24) is 0 Å². The van der Waals surface area contributed by atoms with Gasteiger partial charge in [-0.1, -0.05) is 47.5 Å². The number of nitrogens with zero attached hydrogens (tertiary/aromatic N) is 1. The summed E-state index contributed by atoms with van der Waals surface area (Å²) in [5, 5.41) is 0.654. The minimum absolute atomic E-state index is 0.0273. The molecule has 0 aromatic heterocycles. The number of aryl methyl sites for hydroxylation is 1. The maximum absolute atomic E-state index is 12.1. The Bertz CT molecular complexity index is 1220. The lowest BCUT2D eigenvalue weighted by molar-refractivity contribution is -0.442. The van der Waals surface area contributed by atoms with Gasteiger partial charge < -0.3 is 9.45 Å². The molecular formula is C23H21ClN2O4S. The van der Waals surface area contributed by atoms with E-state index in [1.807, 2.05) is 49.4 Å². The van der Waals surface area contributed by atoms with E-state index in [0.29, 0.717) is 5.02 Å². The third-order valence-electron chi connectivity index (χ3n) is 4.75. The van der Waals surface area contributed by atoms with Crippen LogP contribution in [-0.4, -0.2) is 38.2 Å². The first-order valence-electron chi connectivity index (χ1n) is 9.42. The van der Waals surface area contributed by atoms with E-state index in [-0.39, 0.29) is 17.3 Å². The number of likely N-dealkylation sites (N-methyl/N-ethyl adjacent to an activating group) is 1. The summed E-state index contributed by atoms with van der Waals surface area (Å²) in [6, 6.07) is 21.3. The van der Waals surface area contributed by atoms with E-state index in [1.165, 1.54) is 12.1 Å². The molecule has 0 saturated heterocycles. The van der Waals surface area contributed by atoms with Gasteiger partial charge >= 0.3 is 0 Å². The maximum Gasteiger partial charge on any atom is 0.292 e. The summed E-state index contributed by atoms with van der Waals surface area (Å²) >= 11 is 6.12. The van der Waals surface area contributed by atoms with E-state index >= 15 is 0 Å². The lowest BCUT2D eigenvalue weighted by Gasteiger charge is -2.16. The van der Waals surface area contributed by atoms with Crippen molar-refractivity contribution >= 4 is 39.0 Å². The fraction of sp³-hybridized carbons (Fsp3) is 0.130. The summed E-state index contributed by atoms with van der Waals surface area (Å²) in [4.78, 5) is 16.8. The second-order valence-electron chi connectivity index (χ2n) is 6.98. The molecule has 0 aliphatic carbocycles. The van der Waals surface area contributed by atoms with Crippen molar-refractivity contribution in [2.24, 2.45) is 0 Å². The fourth-order valence-electron chi connectivity index (χ4n) is 3.08. The number of nitrogens with one attached hydrogen (secondary N) is 1. The normalized spacial score (nSPS) is 13.5. The zero-order valence-corrected chi connectivity index (χ0v) is 18.6. The Hall–Kier alpha value is -3.00. The molecule has 31 heavy (non-hydrogen) atoms. The van der Waals surface area contributed by atoms with Crippen LogP contribution in [0.4, 0.5) is 5.69 Å². The summed E-state index contributed by atoms with van der Waals surface area (Å²) in [7, 11) is -2.49. The molecule has 3 aromatic carbocycles. The molecule has 160 valence electrons. The first-order valence-corrected chi connectivity index (χ1v) is 11.2. The van der Waals surface area contributed by atoms with E-state index in [9.17, 15) is 17.8 Å². The lowest BCUT2D eigenvalue weighted by atomic mass is 10.0. The topological polar surface area (TPSA) is 91.5 Å². The Morgan fingerprint density at radius 2 is 1.65 bits per heavy atom. The number of halogens is 1. The molecule has 1 heterocycles. The molecule has 1 aliphatic rings. The Labute approximate surface area is 186 Å². The average molecular weight is 457 g/mol. The number of rotatable bonds is 2. The van der Waals surface area contributed by atoms with Crippen LogP contribution < -0.4 is 9.89 Å². The quantitative estimate of drug-likeness (QED) is 0.598. The zero-order chi connectivity index (χ0) is 22.6. The summed E-state index contributed by atoms with van der Waals surface area (Å²) in [6.45, 7) is 2.09. The van der Waals surface area contributed by atoms with Crippen molar-refractivity contribution in [1.29, 1.82) is 0 Å². The van der Waals surface area contributed by atoms with E-state index in [1.54, 1.807) is 30.1 Å². The Morgan fingerprint density at radius 1 is 1.00 bits per heavy atom. The predicted octanol–water partition coefficient (Wildman–Crippen LogP) is 2.13. The van der Waals surface area contributed by atoms with Gasteiger partial charge in [-0.05, 0) is 49.4 Å². The monoisotopic (exact) mass is 456 g/mol. The van der Waals surface area contributed by atoms with Crippen molar-refractivity contribution in [2.75, 3.05) is 18.5 Å². The van der Waals surface area contributed by atoms with Crippen molar-refractivity contribution in [2.45, 2.75) is 11.8 Å². The van der Waals surface area contributed by atoms with Crippen molar-refractivity contribution in [3.63, 3.8) is 0 Å². The van der Waals surface area contributed by atoms with Crippen molar-refractivity contribution in [3.8, 4) is 0 Å². The molecule has 0 atom stereocenters. The predicted molar refractivity (Wildman–Crippen MR) is 119 cm³/mol. The largest absolute Gasteiger partial charge is 0.744 e. The maximum atomic E-state index is 12.1. The standard InChI is InChI=1S/C16H13ClN2O.C7H8O3S/c1-19-14-8-7-12(17)9-13(14)16(18-10-15(19)20)11-5-3-2-4-6-11;1-6-2-4-7(5-3-6)11(8,9)10/h2-9H,10H2,1H3;2-5H,1H3,(H,8,9,10). The molecule has 1 N–H and O–H groups in total. The number of hydrogen-bond acceptors (Lipinski definition) is 4. The van der Waals surface area contributed by atoms with Gasteiger partial charge in [-0.15, -0.1) is 0 Å². The smallest absolute Gasteiger partial charge is 0.292 e. The van der Waals surface area contributed by atoms with Gasteiger partial charge in [-0.25, -0.2) is 13.4 Å². The summed E-state index contributed by atoms with van der Waals surface area (Å²) < 4.78 is 31.2. The molecule has 1 aliphatic heterocycles. The second-order valence-corrected chi connectivity index (χ2v) is 8.79. The minimum Gasteiger partial charge on any atom is -0.744 e. The van der Waals surface area contributed by atoms with Crippen molar-refractivity contribution < 1.29 is 22.8 Å². The highest BCUT2D eigenvalue weighted by molar-refractivity contribution is 7.85. The first-order chi connectivity index (χ1) is 14.7. The molecular weight excluding hydrogens is 436 g/mol. The zero-order valence-electron chi connectivity index (χ0n) is 17.0. The van der Waals surface area contributed by atoms with Crippen LogP contribution in [0.2, 0.25) is 5.02 Å². The van der Waals surface area contributed by atoms with Gasteiger partial charge in [0.15, 0.2) is 0 Å². The Morgan fingerprint density at radius 3 is 2.26 bits per heavy atom. The van der Waals surface area contributed by atoms with Crippen LogP contribution in [0.5, 0.6) is 0 Å². The van der Waals surface area contributed by atoms with Crippen LogP contribution >= 0.6 is 11.6 Å². The Balaban J connectivity index is 0.000000210. The number of carbonyl (C=O) groups excluding carboxylic acids is 1. The molecule has 0 radical (unpaired) electrons. The fourth-order valence-corrected chi connectivity index (χ4v) is 3.72. The number of benzodiazepines with no additional fused rings is 1. The van der Waals surface area contributed by atoms with E-state index in [2.05, 4.69) is 4.99 Å². The van der Waals surface area contributed by atoms with Crippen LogP contribution in [-0.2, 0) is 14.9 Å². The van der Waals surface area contributed by atoms with Crippen LogP contribution in [0.25, 0.3) is 0 Å². The van der Waals surface area contributed by atoms with Gasteiger partial charge in [0.1, 0.15) is 10.1 Å². The van der Waals surface area contributed by atoms with E-state index in [0.717, 1.165) is 28.1 Å². The average Bonchev–Trinajstić information content (AvgIpc) is 2.85. The SMILES string of the molecule is CN1C(=O)C[NH+]=C(c2ccccc2)c2cc(Cl)ccc21.Cc1ccc(S(=O)(=O)[O-])cc1. The van der Waals surface area contributed by atoms with Gasteiger partial charge in [0.2, 0.25) is 12.3 Å². The molecule has 6 nitrogen and oxygen atoms in total. The van der Waals surface area contributed by atoms with Gasteiger partial charge in [-0.2, -0.15) is 0 Å². The number of carbonyl (C=O) groups is 1. The summed E-state index contributed by atoms with van der Waals surface area (Å²) in [5.41, 5.74) is 4.71. The Kier molecular flexibility index (Phi) is 6.90. The number of amides is 1. The molecule has 3 aromatic rings. The molecule has 1 amide bonds. The van der Waals surface area contributed by atoms with Crippen molar-refractivity contribution in [3.05, 3.63) is 94.5 Å². The van der Waals surface area contributed by atoms with E-state index < -0.39 is 10.1 Å². The number of fused-ring (bicyclic) bond motifs is 1. The highest BCUT2D eigenvalue weighted by Gasteiger charge is 2.26. The van der Waals surface area contributed by atoms with Crippen LogP contribution in [0, 0.1) is 6.92 Å². The third-order valence-corrected chi connectivity index (χ3v) is 5.84. The second kappa shape index (κ2) is 9.43. The van der Waals surface area contributed by atoms with Gasteiger partial charge in [-0.3, -0.25) is 4.79 Å². The molecule has 0 spiro atoms. The first kappa shape index (κ1) is 22.7. The molecule has 4 rings (SSSR count). The molecule has 8 heteroatoms. The summed E-state index contributed by atoms with van der Waals surface area (Å²) in [6.07, 6.45) is 0. The van der Waals surface area contributed by atoms with Gasteiger partial charge in [0, 0.05) is 17.6 Å². The highest BCUT2D eigenvalue weighted by atomic mass is 35.5. The lowest BCUT2D eigenvalue weighted by Crippen LogP contribution is -2.75. The van der Waals surface area contributed by atoms with Gasteiger partial charge in [0.05, 0.1) is 16.1 Å². The third kappa shape index (κ3) is 5.58. The molecule has 0 bridgehead atoms. The van der Waals surface area contributed by atoms with Gasteiger partial charge in [0.25, 0.3) is 5.91 Å². The van der Waals surface area contributed by atoms with E-state index in [4.69, 9.17) is 11.6 Å². The van der Waals surface area contributed by atoms with Crippen LogP contribution in [0.3, 0.4) is 0 Å². The number of anilines is 1. The highest BCUT2D eigenvalue weighted by Crippen LogP contribution is 2.26. The number of hydrogen-bond donors (Lipinski definition) is 1. The minimum atomic E-state index is -4.27. The summed E-state index contributed by atoms with van der Waals surface area (Å²) in [5.74, 6) is 0.0273. The molecule has 0 fully saturated rings. The number of benzene rings is 3. The van der Waals surface area contributed by atoms with Crippen LogP contribution in [0.1, 0.15) is 16.7 Å². The van der Waals surface area contributed by atoms with Crippen LogP contribution in [0.15, 0.2) is 77.7 Å². The molecule has 0 unspecified atom stereocenters. The molecule has 0 saturated carbocycles.